The largest absolute Gasteiger partial charge is 0.435 e. The molecule has 0 aromatic heterocycles. The van der Waals surface area contributed by atoms with E-state index in [0.717, 1.165) is 0 Å². The first kappa shape index (κ1) is 13.3. The average Bonchev–Trinajstić information content (AvgIpc) is 2.53. The van der Waals surface area contributed by atoms with E-state index in [9.17, 15) is 20.1 Å². The summed E-state index contributed by atoms with van der Waals surface area (Å²) in [6.45, 7) is 0.944. The molecule has 1 aliphatic heterocycles. The number of rotatable bonds is 4. The van der Waals surface area contributed by atoms with E-state index in [1.807, 2.05) is 0 Å². The van der Waals surface area contributed by atoms with Gasteiger partial charge in [0.1, 0.15) is 6.10 Å². The molecule has 94 valence electrons. The van der Waals surface area contributed by atoms with Gasteiger partial charge in [-0.1, -0.05) is 6.92 Å². The summed E-state index contributed by atoms with van der Waals surface area (Å²) >= 11 is 0. The fourth-order valence-electron chi connectivity index (χ4n) is 1.51. The van der Waals surface area contributed by atoms with E-state index in [0.29, 0.717) is 0 Å². The molecule has 1 saturated heterocycles. The van der Waals surface area contributed by atoms with Crippen LogP contribution in [0.2, 0.25) is 0 Å². The third-order valence-corrected chi connectivity index (χ3v) is 2.44. The normalized spacial score (nSPS) is 36.1. The lowest BCUT2D eigenvalue weighted by Gasteiger charge is -2.23. The number of esters is 1. The second-order valence-electron chi connectivity index (χ2n) is 3.56. The Bertz CT molecular complexity index is 244. The predicted molar refractivity (Wildman–Crippen MR) is 49.9 cm³/mol. The molecule has 0 saturated carbocycles. The van der Waals surface area contributed by atoms with Gasteiger partial charge in [-0.15, -0.1) is 0 Å². The zero-order valence-corrected chi connectivity index (χ0v) is 8.81. The first-order valence-electron chi connectivity index (χ1n) is 5.01. The molecule has 1 rings (SSSR count). The first-order chi connectivity index (χ1) is 7.51. The molecule has 0 bridgehead atoms. The number of carbonyl (C=O) groups excluding carboxylic acids is 1. The Hall–Kier alpha value is -0.730. The molecule has 7 nitrogen and oxygen atoms in total. The van der Waals surface area contributed by atoms with Gasteiger partial charge in [0.25, 0.3) is 0 Å². The van der Waals surface area contributed by atoms with Crippen molar-refractivity contribution in [3.05, 3.63) is 0 Å². The van der Waals surface area contributed by atoms with Crippen molar-refractivity contribution in [2.24, 2.45) is 5.92 Å². The summed E-state index contributed by atoms with van der Waals surface area (Å²) in [5.74, 6) is -1.64. The van der Waals surface area contributed by atoms with Gasteiger partial charge in [-0.25, -0.2) is 0 Å². The lowest BCUT2D eigenvalue weighted by Crippen LogP contribution is -2.40. The van der Waals surface area contributed by atoms with E-state index >= 15 is 0 Å². The van der Waals surface area contributed by atoms with Crippen LogP contribution in [0, 0.1) is 5.92 Å². The topological polar surface area (TPSA) is 116 Å². The summed E-state index contributed by atoms with van der Waals surface area (Å²) in [6.07, 6.45) is -5.42. The Balaban J connectivity index is 2.70. The van der Waals surface area contributed by atoms with Crippen LogP contribution in [0.3, 0.4) is 0 Å². The maximum atomic E-state index is 11.0. The van der Waals surface area contributed by atoms with Crippen molar-refractivity contribution < 1.29 is 34.7 Å². The zero-order chi connectivity index (χ0) is 12.3. The number of aliphatic hydroxyl groups excluding tert-OH is 4. The molecule has 5 atom stereocenters. The average molecular weight is 236 g/mol. The molecular formula is C9H16O7. The maximum Gasteiger partial charge on any atom is 0.307 e. The Morgan fingerprint density at radius 1 is 1.50 bits per heavy atom. The highest BCUT2D eigenvalue weighted by molar-refractivity contribution is 5.69. The SMILES string of the molecule is CCC(=O)OC1OC(O)C(O)C1C(O)CO. The van der Waals surface area contributed by atoms with E-state index < -0.39 is 43.3 Å². The Morgan fingerprint density at radius 3 is 2.62 bits per heavy atom. The minimum absolute atomic E-state index is 0.105. The van der Waals surface area contributed by atoms with E-state index in [-0.39, 0.29) is 6.42 Å². The molecule has 4 N–H and O–H groups in total. The van der Waals surface area contributed by atoms with Crippen molar-refractivity contribution in [1.29, 1.82) is 0 Å². The second kappa shape index (κ2) is 5.55. The van der Waals surface area contributed by atoms with Gasteiger partial charge in [-0.05, 0) is 0 Å². The van der Waals surface area contributed by atoms with Crippen molar-refractivity contribution in [2.75, 3.05) is 6.61 Å². The fourth-order valence-corrected chi connectivity index (χ4v) is 1.51. The van der Waals surface area contributed by atoms with Crippen LogP contribution in [0.4, 0.5) is 0 Å². The number of ether oxygens (including phenoxy) is 2. The molecule has 0 amide bonds. The molecule has 0 spiro atoms. The van der Waals surface area contributed by atoms with Gasteiger partial charge in [0.15, 0.2) is 6.29 Å². The van der Waals surface area contributed by atoms with Crippen LogP contribution in [0.15, 0.2) is 0 Å². The zero-order valence-electron chi connectivity index (χ0n) is 8.81. The quantitative estimate of drug-likeness (QED) is 0.415. The molecule has 7 heteroatoms. The first-order valence-corrected chi connectivity index (χ1v) is 5.01. The summed E-state index contributed by atoms with van der Waals surface area (Å²) in [7, 11) is 0. The minimum atomic E-state index is -1.54. The molecule has 0 radical (unpaired) electrons. The van der Waals surface area contributed by atoms with Gasteiger partial charge in [0, 0.05) is 6.42 Å². The predicted octanol–water partition coefficient (Wildman–Crippen LogP) is -2.06. The second-order valence-corrected chi connectivity index (χ2v) is 3.56. The monoisotopic (exact) mass is 236 g/mol. The van der Waals surface area contributed by atoms with Crippen LogP contribution >= 0.6 is 0 Å². The van der Waals surface area contributed by atoms with Gasteiger partial charge >= 0.3 is 5.97 Å². The van der Waals surface area contributed by atoms with Crippen LogP contribution in [0.25, 0.3) is 0 Å². The van der Waals surface area contributed by atoms with E-state index in [2.05, 4.69) is 0 Å². The van der Waals surface area contributed by atoms with Crippen molar-refractivity contribution in [2.45, 2.75) is 38.1 Å². The van der Waals surface area contributed by atoms with Crippen LogP contribution in [-0.2, 0) is 14.3 Å². The summed E-state index contributed by atoms with van der Waals surface area (Å²) in [5.41, 5.74) is 0. The fraction of sp³-hybridized carbons (Fsp3) is 0.889. The molecule has 1 fully saturated rings. The third-order valence-electron chi connectivity index (χ3n) is 2.44. The number of aliphatic hydroxyl groups is 4. The van der Waals surface area contributed by atoms with Gasteiger partial charge in [-0.3, -0.25) is 4.79 Å². The van der Waals surface area contributed by atoms with Crippen LogP contribution in [-0.4, -0.2) is 57.8 Å². The van der Waals surface area contributed by atoms with E-state index in [1.54, 1.807) is 6.92 Å². The van der Waals surface area contributed by atoms with Crippen molar-refractivity contribution in [3.63, 3.8) is 0 Å². The van der Waals surface area contributed by atoms with Crippen molar-refractivity contribution >= 4 is 5.97 Å². The molecule has 1 aliphatic rings. The number of carbonyl (C=O) groups is 1. The van der Waals surface area contributed by atoms with Gasteiger partial charge in [0.05, 0.1) is 18.6 Å². The highest BCUT2D eigenvalue weighted by Crippen LogP contribution is 2.29. The highest BCUT2D eigenvalue weighted by Gasteiger charge is 2.48. The Labute approximate surface area is 92.2 Å². The molecule has 0 aromatic rings. The molecule has 16 heavy (non-hydrogen) atoms. The third kappa shape index (κ3) is 2.69. The Kier molecular flexibility index (Phi) is 4.63. The van der Waals surface area contributed by atoms with Crippen molar-refractivity contribution in [3.8, 4) is 0 Å². The summed E-state index contributed by atoms with van der Waals surface area (Å²) in [4.78, 5) is 11.0. The summed E-state index contributed by atoms with van der Waals surface area (Å²) in [5, 5.41) is 36.9. The minimum Gasteiger partial charge on any atom is -0.435 e. The molecule has 5 unspecified atom stereocenters. The van der Waals surface area contributed by atoms with Gasteiger partial charge < -0.3 is 29.9 Å². The lowest BCUT2D eigenvalue weighted by molar-refractivity contribution is -0.209. The standard InChI is InChI=1S/C9H16O7/c1-2-5(12)15-9-6(4(11)3-10)7(13)8(14)16-9/h4,6-11,13-14H,2-3H2,1H3. The highest BCUT2D eigenvalue weighted by atomic mass is 16.8. The maximum absolute atomic E-state index is 11.0. The Morgan fingerprint density at radius 2 is 2.12 bits per heavy atom. The van der Waals surface area contributed by atoms with Gasteiger partial charge in [-0.2, -0.15) is 0 Å². The van der Waals surface area contributed by atoms with E-state index in [1.165, 1.54) is 0 Å². The summed E-state index contributed by atoms with van der Waals surface area (Å²) < 4.78 is 9.56. The number of hydrogen-bond acceptors (Lipinski definition) is 7. The van der Waals surface area contributed by atoms with E-state index in [4.69, 9.17) is 14.6 Å². The molecule has 1 heterocycles. The summed E-state index contributed by atoms with van der Waals surface area (Å²) in [6, 6.07) is 0. The van der Waals surface area contributed by atoms with Crippen molar-refractivity contribution in [1.82, 2.24) is 0 Å². The number of hydrogen-bond donors (Lipinski definition) is 4. The van der Waals surface area contributed by atoms with Gasteiger partial charge in [0.2, 0.25) is 6.29 Å². The van der Waals surface area contributed by atoms with Crippen LogP contribution in [0.5, 0.6) is 0 Å². The molecule has 0 aromatic carbocycles. The molecular weight excluding hydrogens is 220 g/mol. The van der Waals surface area contributed by atoms with Crippen LogP contribution in [0.1, 0.15) is 13.3 Å². The smallest absolute Gasteiger partial charge is 0.307 e. The lowest BCUT2D eigenvalue weighted by atomic mass is 9.97. The van der Waals surface area contributed by atoms with Crippen LogP contribution < -0.4 is 0 Å². The molecule has 0 aliphatic carbocycles.